The molecule has 8 heteroatoms. The van der Waals surface area contributed by atoms with Crippen molar-refractivity contribution in [2.45, 2.75) is 38.6 Å². The largest absolute Gasteiger partial charge is 0.339 e. The maximum Gasteiger partial charge on any atom is 0.243 e. The Morgan fingerprint density at radius 1 is 0.966 bits per heavy atom. The number of benzene rings is 1. The number of hydrogen-bond acceptors (Lipinski definition) is 5. The second-order valence-electron chi connectivity index (χ2n) is 8.12. The molecular formula is C21H34N4O3S. The van der Waals surface area contributed by atoms with Crippen LogP contribution in [0.3, 0.4) is 0 Å². The van der Waals surface area contributed by atoms with Crippen LogP contribution in [0.15, 0.2) is 23.1 Å². The summed E-state index contributed by atoms with van der Waals surface area (Å²) in [5.41, 5.74) is 2.06. The number of aryl methyl sites for hydroxylation is 2. The van der Waals surface area contributed by atoms with Crippen LogP contribution in [0.5, 0.6) is 0 Å². The van der Waals surface area contributed by atoms with Crippen molar-refractivity contribution in [2.75, 3.05) is 58.9 Å². The van der Waals surface area contributed by atoms with Crippen LogP contribution in [0.1, 0.15) is 25.0 Å². The predicted octanol–water partition coefficient (Wildman–Crippen LogP) is 1.16. The third-order valence-electron chi connectivity index (χ3n) is 6.43. The van der Waals surface area contributed by atoms with Gasteiger partial charge in [-0.2, -0.15) is 4.31 Å². The van der Waals surface area contributed by atoms with Gasteiger partial charge >= 0.3 is 0 Å². The monoisotopic (exact) mass is 422 g/mol. The fraction of sp³-hybridized carbons (Fsp3) is 0.667. The maximum absolute atomic E-state index is 13.0. The Bertz CT molecular complexity index is 826. The highest BCUT2D eigenvalue weighted by Crippen LogP contribution is 2.21. The summed E-state index contributed by atoms with van der Waals surface area (Å²) in [5.74, 6) is 0.159. The summed E-state index contributed by atoms with van der Waals surface area (Å²) in [6.45, 7) is 14.4. The average molecular weight is 423 g/mol. The number of amides is 1. The van der Waals surface area contributed by atoms with Crippen LogP contribution in [-0.2, 0) is 14.8 Å². The molecule has 0 aliphatic carbocycles. The van der Waals surface area contributed by atoms with E-state index in [0.717, 1.165) is 43.9 Å². The fourth-order valence-electron chi connectivity index (χ4n) is 4.06. The summed E-state index contributed by atoms with van der Waals surface area (Å²) in [4.78, 5) is 19.7. The lowest BCUT2D eigenvalue weighted by Gasteiger charge is -2.40. The van der Waals surface area contributed by atoms with Gasteiger partial charge in [-0.3, -0.25) is 9.69 Å². The Morgan fingerprint density at radius 2 is 1.59 bits per heavy atom. The molecule has 1 aromatic carbocycles. The van der Waals surface area contributed by atoms with E-state index < -0.39 is 10.0 Å². The zero-order valence-electron chi connectivity index (χ0n) is 18.1. The summed E-state index contributed by atoms with van der Waals surface area (Å²) >= 11 is 0. The average Bonchev–Trinajstić information content (AvgIpc) is 2.74. The Hall–Kier alpha value is -1.48. The highest BCUT2D eigenvalue weighted by atomic mass is 32.2. The molecule has 0 N–H and O–H groups in total. The van der Waals surface area contributed by atoms with Gasteiger partial charge in [0, 0.05) is 52.4 Å². The first-order valence-corrected chi connectivity index (χ1v) is 12.0. The van der Waals surface area contributed by atoms with Crippen LogP contribution < -0.4 is 0 Å². The number of piperazine rings is 2. The van der Waals surface area contributed by atoms with Crippen molar-refractivity contribution in [1.29, 1.82) is 0 Å². The number of rotatable bonds is 5. The molecule has 29 heavy (non-hydrogen) atoms. The third kappa shape index (κ3) is 4.82. The van der Waals surface area contributed by atoms with Crippen molar-refractivity contribution in [3.05, 3.63) is 29.3 Å². The summed E-state index contributed by atoms with van der Waals surface area (Å²) in [5, 5.41) is 0. The Morgan fingerprint density at radius 3 is 2.14 bits per heavy atom. The van der Waals surface area contributed by atoms with Gasteiger partial charge in [-0.15, -0.1) is 0 Å². The number of carbonyl (C=O) groups excluding carboxylic acids is 1. The van der Waals surface area contributed by atoms with Crippen LogP contribution in [0.25, 0.3) is 0 Å². The fourth-order valence-corrected chi connectivity index (χ4v) is 5.57. The molecule has 2 aliphatic rings. The van der Waals surface area contributed by atoms with Gasteiger partial charge in [0.1, 0.15) is 0 Å². The lowest BCUT2D eigenvalue weighted by molar-refractivity contribution is -0.138. The van der Waals surface area contributed by atoms with E-state index in [1.54, 1.807) is 16.4 Å². The first-order valence-electron chi connectivity index (χ1n) is 10.6. The van der Waals surface area contributed by atoms with Crippen molar-refractivity contribution in [1.82, 2.24) is 19.0 Å². The van der Waals surface area contributed by atoms with Crippen molar-refractivity contribution in [3.8, 4) is 0 Å². The van der Waals surface area contributed by atoms with Crippen LogP contribution in [-0.4, -0.2) is 98.3 Å². The molecule has 2 fully saturated rings. The van der Waals surface area contributed by atoms with E-state index in [1.807, 2.05) is 31.7 Å². The van der Waals surface area contributed by atoms with Gasteiger partial charge in [-0.25, -0.2) is 8.42 Å². The number of nitrogens with zero attached hydrogens (tertiary/aromatic N) is 4. The molecule has 0 bridgehead atoms. The van der Waals surface area contributed by atoms with Gasteiger partial charge in [0.25, 0.3) is 0 Å². The molecule has 1 aromatic rings. The SMILES string of the molecule is CCN1CCN(C(=O)[C@@H](C)N2CCN(S(=O)(=O)c3ccc(C)c(C)c3)CC2)CC1. The third-order valence-corrected chi connectivity index (χ3v) is 8.32. The summed E-state index contributed by atoms with van der Waals surface area (Å²) in [7, 11) is -3.49. The van der Waals surface area contributed by atoms with E-state index in [0.29, 0.717) is 31.1 Å². The van der Waals surface area contributed by atoms with Gasteiger partial charge in [-0.05, 0) is 50.6 Å². The summed E-state index contributed by atoms with van der Waals surface area (Å²) in [6.07, 6.45) is 0. The molecule has 1 amide bonds. The van der Waals surface area contributed by atoms with Gasteiger partial charge in [0.15, 0.2) is 0 Å². The highest BCUT2D eigenvalue weighted by Gasteiger charge is 2.33. The molecule has 2 aliphatic heterocycles. The quantitative estimate of drug-likeness (QED) is 0.713. The van der Waals surface area contributed by atoms with Crippen LogP contribution in [0.4, 0.5) is 0 Å². The summed E-state index contributed by atoms with van der Waals surface area (Å²) in [6, 6.07) is 5.08. The topological polar surface area (TPSA) is 64.2 Å². The number of hydrogen-bond donors (Lipinski definition) is 0. The molecule has 0 radical (unpaired) electrons. The van der Waals surface area contributed by atoms with E-state index in [1.165, 1.54) is 0 Å². The number of likely N-dealkylation sites (N-methyl/N-ethyl adjacent to an activating group) is 1. The Labute approximate surface area is 175 Å². The van der Waals surface area contributed by atoms with Crippen LogP contribution >= 0.6 is 0 Å². The number of sulfonamides is 1. The van der Waals surface area contributed by atoms with Gasteiger partial charge in [0.2, 0.25) is 15.9 Å². The zero-order valence-corrected chi connectivity index (χ0v) is 18.9. The number of carbonyl (C=O) groups is 1. The highest BCUT2D eigenvalue weighted by molar-refractivity contribution is 7.89. The van der Waals surface area contributed by atoms with Crippen molar-refractivity contribution >= 4 is 15.9 Å². The zero-order chi connectivity index (χ0) is 21.2. The maximum atomic E-state index is 13.0. The molecule has 7 nitrogen and oxygen atoms in total. The van der Waals surface area contributed by atoms with Gasteiger partial charge in [0.05, 0.1) is 10.9 Å². The second-order valence-corrected chi connectivity index (χ2v) is 10.1. The smallest absolute Gasteiger partial charge is 0.243 e. The minimum absolute atomic E-state index is 0.159. The molecule has 3 rings (SSSR count). The second kappa shape index (κ2) is 9.12. The van der Waals surface area contributed by atoms with E-state index in [2.05, 4.69) is 16.7 Å². The molecule has 2 heterocycles. The minimum Gasteiger partial charge on any atom is -0.339 e. The standard InChI is InChI=1S/C21H34N4O3S/c1-5-22-8-10-24(11-9-22)21(26)19(4)23-12-14-25(15-13-23)29(27,28)20-7-6-17(2)18(3)16-20/h6-7,16,19H,5,8-15H2,1-4H3/t19-/m1/s1. The normalized spacial score (nSPS) is 21.3. The Kier molecular flexibility index (Phi) is 6.98. The van der Waals surface area contributed by atoms with Gasteiger partial charge in [-0.1, -0.05) is 13.0 Å². The first kappa shape index (κ1) is 22.2. The lowest BCUT2D eigenvalue weighted by atomic mass is 10.1. The molecule has 2 saturated heterocycles. The van der Waals surface area contributed by atoms with E-state index in [4.69, 9.17) is 0 Å². The van der Waals surface area contributed by atoms with Crippen molar-refractivity contribution in [3.63, 3.8) is 0 Å². The Balaban J connectivity index is 1.58. The molecule has 0 saturated carbocycles. The van der Waals surface area contributed by atoms with Crippen LogP contribution in [0, 0.1) is 13.8 Å². The predicted molar refractivity (Wildman–Crippen MR) is 114 cm³/mol. The molecule has 1 atom stereocenters. The molecule has 162 valence electrons. The first-order chi connectivity index (χ1) is 13.7. The van der Waals surface area contributed by atoms with E-state index in [9.17, 15) is 13.2 Å². The van der Waals surface area contributed by atoms with Crippen LogP contribution in [0.2, 0.25) is 0 Å². The molecule has 0 aromatic heterocycles. The molecular weight excluding hydrogens is 388 g/mol. The van der Waals surface area contributed by atoms with Crippen molar-refractivity contribution < 1.29 is 13.2 Å². The van der Waals surface area contributed by atoms with Crippen molar-refractivity contribution in [2.24, 2.45) is 0 Å². The van der Waals surface area contributed by atoms with E-state index >= 15 is 0 Å². The van der Waals surface area contributed by atoms with Gasteiger partial charge < -0.3 is 9.80 Å². The van der Waals surface area contributed by atoms with E-state index in [-0.39, 0.29) is 11.9 Å². The lowest BCUT2D eigenvalue weighted by Crippen LogP contribution is -2.57. The minimum atomic E-state index is -3.49. The summed E-state index contributed by atoms with van der Waals surface area (Å²) < 4.78 is 27.5. The molecule has 0 unspecified atom stereocenters. The molecule has 0 spiro atoms.